The molecule has 0 saturated carbocycles. The Hall–Kier alpha value is -4.01. The molecule has 3 heterocycles. The summed E-state index contributed by atoms with van der Waals surface area (Å²) in [5.74, 6) is 0.769. The van der Waals surface area contributed by atoms with Gasteiger partial charge in [0.2, 0.25) is 0 Å². The number of nitrogen functional groups attached to an aromatic ring is 1. The topological polar surface area (TPSA) is 138 Å². The lowest BCUT2D eigenvalue weighted by atomic mass is 9.93. The molecule has 4 rings (SSSR count). The smallest absolute Gasteiger partial charge is 0.324 e. The second kappa shape index (κ2) is 7.35. The zero-order valence-electron chi connectivity index (χ0n) is 17.7. The highest BCUT2D eigenvalue weighted by molar-refractivity contribution is 6.35. The first kappa shape index (κ1) is 20.3. The average Bonchev–Trinajstić information content (AvgIpc) is 3.36. The molecule has 1 aliphatic heterocycles. The van der Waals surface area contributed by atoms with Crippen molar-refractivity contribution in [2.75, 3.05) is 21.7 Å². The molecule has 0 saturated heterocycles. The van der Waals surface area contributed by atoms with Gasteiger partial charge in [-0.15, -0.1) is 0 Å². The summed E-state index contributed by atoms with van der Waals surface area (Å²) in [6.45, 7) is 7.86. The molecule has 0 spiro atoms. The van der Waals surface area contributed by atoms with Gasteiger partial charge in [0.25, 0.3) is 5.91 Å². The van der Waals surface area contributed by atoms with E-state index < -0.39 is 6.03 Å². The van der Waals surface area contributed by atoms with E-state index in [4.69, 9.17) is 10.3 Å². The van der Waals surface area contributed by atoms with Crippen molar-refractivity contribution in [1.29, 1.82) is 0 Å². The Bertz CT molecular complexity index is 1210. The fourth-order valence-electron chi connectivity index (χ4n) is 3.20. The number of carbonyl (C=O) groups is 2. The highest BCUT2D eigenvalue weighted by atomic mass is 16.5. The summed E-state index contributed by atoms with van der Waals surface area (Å²) in [6.07, 6.45) is 3.46. The van der Waals surface area contributed by atoms with Crippen LogP contribution in [-0.4, -0.2) is 22.1 Å². The predicted octanol–water partition coefficient (Wildman–Crippen LogP) is 4.33. The molecule has 0 radical (unpaired) electrons. The number of aromatic amines is 1. The minimum Gasteiger partial charge on any atom is -0.397 e. The standard InChI is InChI=1S/C22H24N6O3/c1-11-15(23)10-24-16(11)8-14-13-6-5-12(7-17(13)26-20(14)29)25-21(30)27-19-9-18(31-28-19)22(2,3)4/h5-10,24H,23H2,1-4H3,(H,26,29)(H2,25,27,28,30)/b14-8-. The molecule has 1 aliphatic rings. The Labute approximate surface area is 179 Å². The molecule has 0 aliphatic carbocycles. The van der Waals surface area contributed by atoms with Gasteiger partial charge in [0.1, 0.15) is 5.76 Å². The molecule has 160 valence electrons. The van der Waals surface area contributed by atoms with Crippen LogP contribution in [0.3, 0.4) is 0 Å². The first-order chi connectivity index (χ1) is 14.6. The molecule has 0 unspecified atom stereocenters. The van der Waals surface area contributed by atoms with Crippen LogP contribution in [0.2, 0.25) is 0 Å². The Kier molecular flexibility index (Phi) is 4.81. The molecule has 1 aromatic carbocycles. The van der Waals surface area contributed by atoms with Crippen molar-refractivity contribution in [3.8, 4) is 0 Å². The van der Waals surface area contributed by atoms with Crippen LogP contribution in [0.4, 0.5) is 27.7 Å². The molecule has 0 fully saturated rings. The molecule has 0 bridgehead atoms. The fourth-order valence-corrected chi connectivity index (χ4v) is 3.20. The van der Waals surface area contributed by atoms with E-state index in [0.29, 0.717) is 34.2 Å². The Morgan fingerprint density at radius 2 is 2.00 bits per heavy atom. The number of benzene rings is 1. The van der Waals surface area contributed by atoms with Gasteiger partial charge in [0.15, 0.2) is 5.82 Å². The Morgan fingerprint density at radius 1 is 1.23 bits per heavy atom. The number of hydrogen-bond donors (Lipinski definition) is 5. The number of nitrogens with two attached hydrogens (primary N) is 1. The summed E-state index contributed by atoms with van der Waals surface area (Å²) in [7, 11) is 0. The number of carbonyl (C=O) groups excluding carboxylic acids is 2. The monoisotopic (exact) mass is 420 g/mol. The largest absolute Gasteiger partial charge is 0.397 e. The number of aromatic nitrogens is 2. The van der Waals surface area contributed by atoms with Crippen LogP contribution in [0.15, 0.2) is 35.0 Å². The van der Waals surface area contributed by atoms with Gasteiger partial charge in [0.05, 0.1) is 16.9 Å². The summed E-state index contributed by atoms with van der Waals surface area (Å²) >= 11 is 0. The van der Waals surface area contributed by atoms with Crippen LogP contribution in [0, 0.1) is 6.92 Å². The van der Waals surface area contributed by atoms with Gasteiger partial charge in [-0.1, -0.05) is 32.0 Å². The lowest BCUT2D eigenvalue weighted by Gasteiger charge is -2.12. The van der Waals surface area contributed by atoms with Crippen LogP contribution < -0.4 is 21.7 Å². The minimum atomic E-state index is -0.466. The molecule has 3 amide bonds. The lowest BCUT2D eigenvalue weighted by molar-refractivity contribution is -0.110. The number of fused-ring (bicyclic) bond motifs is 1. The van der Waals surface area contributed by atoms with Crippen molar-refractivity contribution in [3.63, 3.8) is 0 Å². The normalized spacial score (nSPS) is 14.5. The number of rotatable bonds is 3. The zero-order chi connectivity index (χ0) is 22.3. The number of H-pyrrole nitrogens is 1. The van der Waals surface area contributed by atoms with Gasteiger partial charge >= 0.3 is 6.03 Å². The average molecular weight is 420 g/mol. The quantitative estimate of drug-likeness (QED) is 0.402. The van der Waals surface area contributed by atoms with Crippen molar-refractivity contribution < 1.29 is 14.1 Å². The molecule has 0 atom stereocenters. The third-order valence-corrected chi connectivity index (χ3v) is 5.06. The lowest BCUT2D eigenvalue weighted by Crippen LogP contribution is -2.19. The summed E-state index contributed by atoms with van der Waals surface area (Å²) in [5, 5.41) is 12.1. The van der Waals surface area contributed by atoms with Crippen LogP contribution in [0.25, 0.3) is 11.6 Å². The van der Waals surface area contributed by atoms with Crippen LogP contribution in [0.5, 0.6) is 0 Å². The molecule has 31 heavy (non-hydrogen) atoms. The van der Waals surface area contributed by atoms with Crippen LogP contribution >= 0.6 is 0 Å². The maximum atomic E-state index is 12.5. The number of nitrogens with one attached hydrogen (secondary N) is 4. The third kappa shape index (κ3) is 4.02. The summed E-state index contributed by atoms with van der Waals surface area (Å²) in [4.78, 5) is 27.9. The number of hydrogen-bond acceptors (Lipinski definition) is 5. The Morgan fingerprint density at radius 3 is 2.65 bits per heavy atom. The first-order valence-electron chi connectivity index (χ1n) is 9.78. The van der Waals surface area contributed by atoms with Crippen LogP contribution in [0.1, 0.15) is 43.4 Å². The second-order valence-corrected chi connectivity index (χ2v) is 8.46. The van der Waals surface area contributed by atoms with Crippen molar-refractivity contribution >= 4 is 46.5 Å². The van der Waals surface area contributed by atoms with Gasteiger partial charge in [-0.3, -0.25) is 10.1 Å². The zero-order valence-corrected chi connectivity index (χ0v) is 17.7. The van der Waals surface area contributed by atoms with Gasteiger partial charge in [-0.05, 0) is 30.7 Å². The number of amides is 3. The molecular weight excluding hydrogens is 396 g/mol. The van der Waals surface area contributed by atoms with E-state index in [-0.39, 0.29) is 11.3 Å². The molecule has 9 heteroatoms. The highest BCUT2D eigenvalue weighted by Crippen LogP contribution is 2.35. The summed E-state index contributed by atoms with van der Waals surface area (Å²) in [6, 6.07) is 6.43. The van der Waals surface area contributed by atoms with E-state index in [1.807, 2.05) is 27.7 Å². The number of nitrogens with zero attached hydrogens (tertiary/aromatic N) is 1. The van der Waals surface area contributed by atoms with Gasteiger partial charge in [-0.25, -0.2) is 4.79 Å². The summed E-state index contributed by atoms with van der Waals surface area (Å²) in [5.41, 5.74) is 10.4. The Balaban J connectivity index is 1.49. The van der Waals surface area contributed by atoms with Gasteiger partial charge in [-0.2, -0.15) is 0 Å². The third-order valence-electron chi connectivity index (χ3n) is 5.06. The minimum absolute atomic E-state index is 0.211. The first-order valence-corrected chi connectivity index (χ1v) is 9.78. The van der Waals surface area contributed by atoms with Crippen molar-refractivity contribution in [3.05, 3.63) is 53.0 Å². The van der Waals surface area contributed by atoms with E-state index >= 15 is 0 Å². The van der Waals surface area contributed by atoms with Gasteiger partial charge in [0, 0.05) is 34.6 Å². The van der Waals surface area contributed by atoms with Crippen molar-refractivity contribution in [2.24, 2.45) is 0 Å². The van der Waals surface area contributed by atoms with Gasteiger partial charge < -0.3 is 25.9 Å². The molecular formula is C22H24N6O3. The molecule has 9 nitrogen and oxygen atoms in total. The molecule has 2 aromatic heterocycles. The van der Waals surface area contributed by atoms with Crippen molar-refractivity contribution in [2.45, 2.75) is 33.1 Å². The summed E-state index contributed by atoms with van der Waals surface area (Å²) < 4.78 is 5.27. The SMILES string of the molecule is Cc1c(N)c[nH]c1/C=C1\C(=O)Nc2cc(NC(=O)Nc3cc(C(C)(C)C)on3)ccc21. The molecule has 6 N–H and O–H groups in total. The van der Waals surface area contributed by atoms with E-state index in [2.05, 4.69) is 26.1 Å². The van der Waals surface area contributed by atoms with E-state index in [9.17, 15) is 9.59 Å². The van der Waals surface area contributed by atoms with E-state index in [0.717, 1.165) is 16.8 Å². The fraction of sp³-hybridized carbons (Fsp3) is 0.227. The number of urea groups is 1. The highest BCUT2D eigenvalue weighted by Gasteiger charge is 2.25. The number of anilines is 4. The maximum absolute atomic E-state index is 12.5. The maximum Gasteiger partial charge on any atom is 0.324 e. The van der Waals surface area contributed by atoms with E-state index in [1.54, 1.807) is 36.5 Å². The predicted molar refractivity (Wildman–Crippen MR) is 121 cm³/mol. The van der Waals surface area contributed by atoms with Crippen molar-refractivity contribution in [1.82, 2.24) is 10.1 Å². The van der Waals surface area contributed by atoms with E-state index in [1.165, 1.54) is 0 Å². The second-order valence-electron chi connectivity index (χ2n) is 8.46. The van der Waals surface area contributed by atoms with Crippen LogP contribution in [-0.2, 0) is 10.2 Å². The molecule has 3 aromatic rings.